The van der Waals surface area contributed by atoms with Crippen LogP contribution < -0.4 is 5.32 Å². The maximum atomic E-state index is 11.6. The zero-order valence-electron chi connectivity index (χ0n) is 10.1. The maximum absolute atomic E-state index is 11.6. The van der Waals surface area contributed by atoms with E-state index in [1.54, 1.807) is 7.05 Å². The lowest BCUT2D eigenvalue weighted by atomic mass is 9.75. The molecule has 0 aromatic heterocycles. The first-order valence-electron chi connectivity index (χ1n) is 5.81. The highest BCUT2D eigenvalue weighted by molar-refractivity contribution is 7.82. The van der Waals surface area contributed by atoms with Crippen molar-refractivity contribution in [2.45, 2.75) is 32.6 Å². The zero-order chi connectivity index (χ0) is 12.6. The van der Waals surface area contributed by atoms with Crippen molar-refractivity contribution < 1.29 is 4.79 Å². The fourth-order valence-electron chi connectivity index (χ4n) is 2.41. The molecule has 1 N–H and O–H groups in total. The average Bonchev–Trinajstić information content (AvgIpc) is 2.35. The van der Waals surface area contributed by atoms with Crippen LogP contribution in [0.4, 0.5) is 4.79 Å². The van der Waals surface area contributed by atoms with Crippen LogP contribution in [0.2, 0.25) is 0 Å². The second kappa shape index (κ2) is 4.46. The Hall–Kier alpha value is -0.810. The van der Waals surface area contributed by atoms with Crippen LogP contribution in [0.25, 0.3) is 0 Å². The number of thiocarbonyl (C=S) groups is 2. The van der Waals surface area contributed by atoms with Crippen LogP contribution in [-0.2, 0) is 0 Å². The Morgan fingerprint density at radius 3 is 2.71 bits per heavy atom. The van der Waals surface area contributed by atoms with Gasteiger partial charge in [0.25, 0.3) is 0 Å². The summed E-state index contributed by atoms with van der Waals surface area (Å²) < 4.78 is 0. The minimum absolute atomic E-state index is 0.228. The Morgan fingerprint density at radius 2 is 2.12 bits per heavy atom. The summed E-state index contributed by atoms with van der Waals surface area (Å²) >= 11 is 10.8. The van der Waals surface area contributed by atoms with Gasteiger partial charge in [-0.05, 0) is 32.6 Å². The lowest BCUT2D eigenvalue weighted by Crippen LogP contribution is -2.60. The molecule has 1 unspecified atom stereocenters. The molecule has 0 spiro atoms. The molecule has 0 bridgehead atoms. The van der Waals surface area contributed by atoms with E-state index in [0.717, 1.165) is 12.8 Å². The Bertz CT molecular complexity index is 430. The number of carbonyl (C=O) groups is 1. The number of nitrogens with zero attached hydrogens (tertiary/aromatic N) is 1. The third-order valence-electron chi connectivity index (χ3n) is 3.64. The summed E-state index contributed by atoms with van der Waals surface area (Å²) in [6, 6.07) is -0.228. The topological polar surface area (TPSA) is 32.3 Å². The predicted molar refractivity (Wildman–Crippen MR) is 76.1 cm³/mol. The minimum atomic E-state index is -0.465. The molecule has 2 amide bonds. The summed E-state index contributed by atoms with van der Waals surface area (Å²) in [7, 11) is 1.70. The van der Waals surface area contributed by atoms with Crippen molar-refractivity contribution in [1.29, 1.82) is 0 Å². The molecule has 2 aliphatic rings. The van der Waals surface area contributed by atoms with Gasteiger partial charge in [-0.15, -0.1) is 0 Å². The van der Waals surface area contributed by atoms with Gasteiger partial charge in [0.2, 0.25) is 0 Å². The molecule has 0 radical (unpaired) electrons. The van der Waals surface area contributed by atoms with Gasteiger partial charge < -0.3 is 5.32 Å². The number of carbonyl (C=O) groups excluding carboxylic acids is 1. The molecule has 1 aliphatic carbocycles. The SMILES string of the molecule is CN1C(=O)NC(=S)C(C)(C2=CCCCC2)C1=S. The van der Waals surface area contributed by atoms with Gasteiger partial charge in [0.15, 0.2) is 0 Å². The maximum Gasteiger partial charge on any atom is 0.326 e. The van der Waals surface area contributed by atoms with Gasteiger partial charge in [-0.25, -0.2) is 4.79 Å². The van der Waals surface area contributed by atoms with E-state index in [2.05, 4.69) is 11.4 Å². The molecule has 2 rings (SSSR count). The molecule has 1 heterocycles. The van der Waals surface area contributed by atoms with Crippen molar-refractivity contribution in [2.75, 3.05) is 7.05 Å². The van der Waals surface area contributed by atoms with Gasteiger partial charge in [0, 0.05) is 7.05 Å². The number of amides is 2. The number of urea groups is 1. The number of rotatable bonds is 1. The molecular weight excluding hydrogens is 252 g/mol. The molecule has 3 nitrogen and oxygen atoms in total. The van der Waals surface area contributed by atoms with Crippen LogP contribution in [0, 0.1) is 5.41 Å². The smallest absolute Gasteiger partial charge is 0.301 e. The van der Waals surface area contributed by atoms with E-state index in [1.807, 2.05) is 6.92 Å². The van der Waals surface area contributed by atoms with Gasteiger partial charge in [0.1, 0.15) is 9.98 Å². The van der Waals surface area contributed by atoms with Crippen molar-refractivity contribution >= 4 is 40.4 Å². The predicted octanol–water partition coefficient (Wildman–Crippen LogP) is 2.80. The van der Waals surface area contributed by atoms with Crippen LogP contribution >= 0.6 is 24.4 Å². The normalized spacial score (nSPS) is 30.1. The summed E-state index contributed by atoms with van der Waals surface area (Å²) in [5.74, 6) is 0. The zero-order valence-corrected chi connectivity index (χ0v) is 11.7. The van der Waals surface area contributed by atoms with Crippen molar-refractivity contribution in [2.24, 2.45) is 5.41 Å². The summed E-state index contributed by atoms with van der Waals surface area (Å²) in [6.45, 7) is 2.02. The van der Waals surface area contributed by atoms with Gasteiger partial charge in [0.05, 0.1) is 5.41 Å². The van der Waals surface area contributed by atoms with Crippen LogP contribution in [0.1, 0.15) is 32.6 Å². The van der Waals surface area contributed by atoms with Gasteiger partial charge in [-0.2, -0.15) is 0 Å². The van der Waals surface area contributed by atoms with Crippen molar-refractivity contribution in [3.63, 3.8) is 0 Å². The highest BCUT2D eigenvalue weighted by atomic mass is 32.1. The summed E-state index contributed by atoms with van der Waals surface area (Å²) in [6.07, 6.45) is 6.72. The fourth-order valence-corrected chi connectivity index (χ4v) is 3.10. The lowest BCUT2D eigenvalue weighted by Gasteiger charge is -2.42. The summed E-state index contributed by atoms with van der Waals surface area (Å²) in [4.78, 5) is 14.2. The Morgan fingerprint density at radius 1 is 1.41 bits per heavy atom. The second-order valence-corrected chi connectivity index (χ2v) is 5.52. The Balaban J connectivity index is 2.40. The molecule has 0 aromatic rings. The first-order chi connectivity index (χ1) is 7.98. The first-order valence-corrected chi connectivity index (χ1v) is 6.62. The molecule has 0 saturated carbocycles. The minimum Gasteiger partial charge on any atom is -0.301 e. The third-order valence-corrected chi connectivity index (χ3v) is 4.84. The van der Waals surface area contributed by atoms with E-state index >= 15 is 0 Å². The number of hydrogen-bond donors (Lipinski definition) is 1. The number of allylic oxidation sites excluding steroid dienone is 1. The Kier molecular flexibility index (Phi) is 3.32. The van der Waals surface area contributed by atoms with Crippen molar-refractivity contribution in [3.8, 4) is 0 Å². The third kappa shape index (κ3) is 1.91. The summed E-state index contributed by atoms with van der Waals surface area (Å²) in [5, 5.41) is 2.74. The highest BCUT2D eigenvalue weighted by Crippen LogP contribution is 2.39. The molecule has 1 atom stereocenters. The standard InChI is InChI=1S/C12H16N2OS2/c1-12(8-6-4-3-5-7-8)9(16)13-11(15)14(2)10(12)17/h6H,3-5,7H2,1-2H3,(H,13,15,16). The molecule has 1 saturated heterocycles. The number of nitrogens with one attached hydrogen (secondary N) is 1. The van der Waals surface area contributed by atoms with E-state index in [-0.39, 0.29) is 6.03 Å². The van der Waals surface area contributed by atoms with Crippen molar-refractivity contribution in [1.82, 2.24) is 10.2 Å². The van der Waals surface area contributed by atoms with Gasteiger partial charge in [-0.1, -0.05) is 36.1 Å². The van der Waals surface area contributed by atoms with E-state index < -0.39 is 5.41 Å². The van der Waals surface area contributed by atoms with E-state index in [0.29, 0.717) is 9.98 Å². The molecule has 1 fully saturated rings. The molecule has 5 heteroatoms. The van der Waals surface area contributed by atoms with Crippen LogP contribution in [0.15, 0.2) is 11.6 Å². The molecule has 1 aliphatic heterocycles. The van der Waals surface area contributed by atoms with Crippen LogP contribution in [-0.4, -0.2) is 28.0 Å². The molecular formula is C12H16N2OS2. The van der Waals surface area contributed by atoms with Gasteiger partial charge >= 0.3 is 6.03 Å². The highest BCUT2D eigenvalue weighted by Gasteiger charge is 2.45. The van der Waals surface area contributed by atoms with E-state index in [9.17, 15) is 4.79 Å². The molecule has 92 valence electrons. The molecule has 17 heavy (non-hydrogen) atoms. The fraction of sp³-hybridized carbons (Fsp3) is 0.583. The lowest BCUT2D eigenvalue weighted by molar-refractivity contribution is 0.227. The largest absolute Gasteiger partial charge is 0.326 e. The van der Waals surface area contributed by atoms with Crippen LogP contribution in [0.3, 0.4) is 0 Å². The quantitative estimate of drug-likeness (QED) is 0.586. The second-order valence-electron chi connectivity index (χ2n) is 4.72. The van der Waals surface area contributed by atoms with E-state index in [1.165, 1.54) is 23.3 Å². The van der Waals surface area contributed by atoms with Gasteiger partial charge in [-0.3, -0.25) is 4.90 Å². The van der Waals surface area contributed by atoms with Crippen molar-refractivity contribution in [3.05, 3.63) is 11.6 Å². The van der Waals surface area contributed by atoms with E-state index in [4.69, 9.17) is 24.4 Å². The average molecular weight is 268 g/mol. The first kappa shape index (κ1) is 12.6. The Labute approximate surface area is 112 Å². The summed E-state index contributed by atoms with van der Waals surface area (Å²) in [5.41, 5.74) is 0.791. The number of hydrogen-bond acceptors (Lipinski definition) is 3. The van der Waals surface area contributed by atoms with Crippen LogP contribution in [0.5, 0.6) is 0 Å². The monoisotopic (exact) mass is 268 g/mol. The molecule has 0 aromatic carbocycles.